The van der Waals surface area contributed by atoms with Gasteiger partial charge >= 0.3 is 0 Å². The first kappa shape index (κ1) is 8.77. The number of anilines is 1. The number of ether oxygens (including phenoxy) is 1. The number of carbonyl (C=O) groups excluding carboxylic acids is 1. The minimum Gasteiger partial charge on any atom is -0.496 e. The average molecular weight is 203 g/mol. The van der Waals surface area contributed by atoms with Crippen LogP contribution in [0.2, 0.25) is 0 Å². The molecule has 1 amide bonds. The summed E-state index contributed by atoms with van der Waals surface area (Å²) < 4.78 is 5.34. The molecule has 1 aliphatic heterocycles. The molecule has 1 fully saturated rings. The van der Waals surface area contributed by atoms with Crippen LogP contribution < -0.4 is 10.1 Å². The van der Waals surface area contributed by atoms with Gasteiger partial charge in [-0.2, -0.15) is 0 Å². The molecule has 0 atom stereocenters. The second kappa shape index (κ2) is 2.75. The van der Waals surface area contributed by atoms with Crippen molar-refractivity contribution in [3.8, 4) is 5.75 Å². The van der Waals surface area contributed by atoms with Crippen molar-refractivity contribution in [3.05, 3.63) is 23.8 Å². The van der Waals surface area contributed by atoms with E-state index in [9.17, 15) is 4.79 Å². The Labute approximate surface area is 88.4 Å². The van der Waals surface area contributed by atoms with E-state index in [4.69, 9.17) is 4.74 Å². The first-order valence-electron chi connectivity index (χ1n) is 5.27. The van der Waals surface area contributed by atoms with Gasteiger partial charge in [0.15, 0.2) is 0 Å². The standard InChI is InChI=1S/C12H13NO2/c1-15-9-5-2-4-8-10(9)12(6-3-7-12)11(14)13-8/h2,4-5H,3,6-7H2,1H3,(H,13,14). The molecular formula is C12H13NO2. The number of rotatable bonds is 1. The zero-order chi connectivity index (χ0) is 10.5. The highest BCUT2D eigenvalue weighted by Crippen LogP contribution is 2.54. The van der Waals surface area contributed by atoms with E-state index in [-0.39, 0.29) is 11.3 Å². The van der Waals surface area contributed by atoms with E-state index in [1.807, 2.05) is 18.2 Å². The van der Waals surface area contributed by atoms with Crippen molar-refractivity contribution in [2.45, 2.75) is 24.7 Å². The number of fused-ring (bicyclic) bond motifs is 2. The number of nitrogens with one attached hydrogen (secondary N) is 1. The summed E-state index contributed by atoms with van der Waals surface area (Å²) in [5.74, 6) is 0.985. The fraction of sp³-hybridized carbons (Fsp3) is 0.417. The molecule has 1 N–H and O–H groups in total. The highest BCUT2D eigenvalue weighted by atomic mass is 16.5. The van der Waals surface area contributed by atoms with E-state index < -0.39 is 0 Å². The molecule has 1 aliphatic carbocycles. The van der Waals surface area contributed by atoms with Crippen LogP contribution in [0.5, 0.6) is 5.75 Å². The molecule has 1 heterocycles. The monoisotopic (exact) mass is 203 g/mol. The molecular weight excluding hydrogens is 190 g/mol. The molecule has 15 heavy (non-hydrogen) atoms. The van der Waals surface area contributed by atoms with Crippen molar-refractivity contribution in [2.75, 3.05) is 12.4 Å². The average Bonchev–Trinajstić information content (AvgIpc) is 2.48. The Morgan fingerprint density at radius 2 is 2.20 bits per heavy atom. The Balaban J connectivity index is 2.22. The Kier molecular flexibility index (Phi) is 1.61. The summed E-state index contributed by atoms with van der Waals surface area (Å²) in [7, 11) is 1.66. The van der Waals surface area contributed by atoms with Gasteiger partial charge in [0.05, 0.1) is 12.5 Å². The fourth-order valence-electron chi connectivity index (χ4n) is 2.66. The van der Waals surface area contributed by atoms with E-state index in [1.165, 1.54) is 0 Å². The molecule has 0 radical (unpaired) electrons. The summed E-state index contributed by atoms with van der Waals surface area (Å²) in [5.41, 5.74) is 1.73. The third-order valence-corrected chi connectivity index (χ3v) is 3.61. The van der Waals surface area contributed by atoms with Gasteiger partial charge in [-0.05, 0) is 25.0 Å². The van der Waals surface area contributed by atoms with Gasteiger partial charge in [-0.3, -0.25) is 4.79 Å². The maximum Gasteiger partial charge on any atom is 0.235 e. The number of benzene rings is 1. The Morgan fingerprint density at radius 3 is 2.80 bits per heavy atom. The molecule has 1 aromatic carbocycles. The summed E-state index contributed by atoms with van der Waals surface area (Å²) >= 11 is 0. The molecule has 3 heteroatoms. The van der Waals surface area contributed by atoms with Gasteiger partial charge in [0.2, 0.25) is 5.91 Å². The minimum atomic E-state index is -0.276. The molecule has 3 nitrogen and oxygen atoms in total. The highest BCUT2D eigenvalue weighted by Gasteiger charge is 2.52. The molecule has 78 valence electrons. The lowest BCUT2D eigenvalue weighted by molar-refractivity contribution is -0.123. The second-order valence-electron chi connectivity index (χ2n) is 4.27. The Hall–Kier alpha value is -1.51. The maximum absolute atomic E-state index is 11.9. The summed E-state index contributed by atoms with van der Waals surface area (Å²) in [6.07, 6.45) is 3.03. The number of amides is 1. The first-order chi connectivity index (χ1) is 7.28. The van der Waals surface area contributed by atoms with Crippen LogP contribution in [0.15, 0.2) is 18.2 Å². The summed E-state index contributed by atoms with van der Waals surface area (Å²) in [5, 5.41) is 2.95. The van der Waals surface area contributed by atoms with Crippen LogP contribution in [-0.4, -0.2) is 13.0 Å². The Bertz CT molecular complexity index is 435. The van der Waals surface area contributed by atoms with Crippen molar-refractivity contribution < 1.29 is 9.53 Å². The van der Waals surface area contributed by atoms with Crippen molar-refractivity contribution in [3.63, 3.8) is 0 Å². The van der Waals surface area contributed by atoms with E-state index >= 15 is 0 Å². The molecule has 3 rings (SSSR count). The summed E-state index contributed by atoms with van der Waals surface area (Å²) in [4.78, 5) is 11.9. The minimum absolute atomic E-state index is 0.147. The molecule has 0 unspecified atom stereocenters. The smallest absolute Gasteiger partial charge is 0.235 e. The molecule has 2 aliphatic rings. The van der Waals surface area contributed by atoms with Crippen LogP contribution in [0.3, 0.4) is 0 Å². The van der Waals surface area contributed by atoms with Crippen molar-refractivity contribution >= 4 is 11.6 Å². The van der Waals surface area contributed by atoms with Crippen LogP contribution in [-0.2, 0) is 10.2 Å². The zero-order valence-electron chi connectivity index (χ0n) is 8.67. The molecule has 1 spiro atoms. The number of hydrogen-bond acceptors (Lipinski definition) is 2. The van der Waals surface area contributed by atoms with Crippen LogP contribution in [0.25, 0.3) is 0 Å². The van der Waals surface area contributed by atoms with Gasteiger partial charge in [0.1, 0.15) is 5.75 Å². The van der Waals surface area contributed by atoms with E-state index in [1.54, 1.807) is 7.11 Å². The van der Waals surface area contributed by atoms with E-state index in [0.29, 0.717) is 0 Å². The van der Waals surface area contributed by atoms with Crippen molar-refractivity contribution in [1.29, 1.82) is 0 Å². The quantitative estimate of drug-likeness (QED) is 0.758. The normalized spacial score (nSPS) is 20.7. The first-order valence-corrected chi connectivity index (χ1v) is 5.27. The van der Waals surface area contributed by atoms with E-state index in [2.05, 4.69) is 5.32 Å². The van der Waals surface area contributed by atoms with Crippen molar-refractivity contribution in [2.24, 2.45) is 0 Å². The van der Waals surface area contributed by atoms with Gasteiger partial charge in [-0.1, -0.05) is 12.5 Å². The van der Waals surface area contributed by atoms with Crippen LogP contribution in [0.4, 0.5) is 5.69 Å². The Morgan fingerprint density at radius 1 is 1.40 bits per heavy atom. The second-order valence-corrected chi connectivity index (χ2v) is 4.27. The number of hydrogen-bond donors (Lipinski definition) is 1. The topological polar surface area (TPSA) is 38.3 Å². The van der Waals surface area contributed by atoms with Gasteiger partial charge < -0.3 is 10.1 Å². The lowest BCUT2D eigenvalue weighted by Crippen LogP contribution is -2.41. The molecule has 0 aromatic heterocycles. The zero-order valence-corrected chi connectivity index (χ0v) is 8.67. The summed E-state index contributed by atoms with van der Waals surface area (Å²) in [6, 6.07) is 5.79. The lowest BCUT2D eigenvalue weighted by Gasteiger charge is -2.36. The molecule has 1 aromatic rings. The largest absolute Gasteiger partial charge is 0.496 e. The maximum atomic E-state index is 11.9. The van der Waals surface area contributed by atoms with Gasteiger partial charge in [0.25, 0.3) is 0 Å². The van der Waals surface area contributed by atoms with Crippen molar-refractivity contribution in [1.82, 2.24) is 0 Å². The molecule has 0 bridgehead atoms. The fourth-order valence-corrected chi connectivity index (χ4v) is 2.66. The van der Waals surface area contributed by atoms with Gasteiger partial charge in [-0.15, -0.1) is 0 Å². The predicted molar refractivity (Wildman–Crippen MR) is 57.2 cm³/mol. The lowest BCUT2D eigenvalue weighted by atomic mass is 9.65. The summed E-state index contributed by atoms with van der Waals surface area (Å²) in [6.45, 7) is 0. The van der Waals surface area contributed by atoms with Crippen LogP contribution >= 0.6 is 0 Å². The highest BCUT2D eigenvalue weighted by molar-refractivity contribution is 6.07. The SMILES string of the molecule is COc1cccc2c1C1(CCC1)C(=O)N2. The van der Waals surface area contributed by atoms with Crippen LogP contribution in [0, 0.1) is 0 Å². The van der Waals surface area contributed by atoms with Crippen LogP contribution in [0.1, 0.15) is 24.8 Å². The van der Waals surface area contributed by atoms with Gasteiger partial charge in [-0.25, -0.2) is 0 Å². The molecule has 1 saturated carbocycles. The van der Waals surface area contributed by atoms with E-state index in [0.717, 1.165) is 36.3 Å². The predicted octanol–water partition coefficient (Wildman–Crippen LogP) is 2.07. The molecule has 0 saturated heterocycles. The number of methoxy groups -OCH3 is 1. The number of carbonyl (C=O) groups is 1. The third kappa shape index (κ3) is 0.928. The third-order valence-electron chi connectivity index (χ3n) is 3.61. The van der Waals surface area contributed by atoms with Gasteiger partial charge in [0, 0.05) is 11.3 Å².